The molecule has 0 spiro atoms. The molecule has 0 aliphatic carbocycles. The molecule has 0 amide bonds. The van der Waals surface area contributed by atoms with Gasteiger partial charge in [-0.1, -0.05) is 162 Å². The van der Waals surface area contributed by atoms with E-state index in [1.807, 2.05) is 0 Å². The summed E-state index contributed by atoms with van der Waals surface area (Å²) in [6, 6.07) is 0. The van der Waals surface area contributed by atoms with Crippen LogP contribution < -0.4 is 29.6 Å². The van der Waals surface area contributed by atoms with Crippen LogP contribution in [0.2, 0.25) is 0 Å². The first-order chi connectivity index (χ1) is 17.6. The maximum Gasteiger partial charge on any atom is 2.00 e. The average molecular weight is 632 g/mol. The third-order valence-electron chi connectivity index (χ3n) is 6.75. The Bertz CT molecular complexity index is 661. The van der Waals surface area contributed by atoms with E-state index < -0.39 is 20.2 Å². The van der Waals surface area contributed by atoms with Crippen molar-refractivity contribution in [3.63, 3.8) is 0 Å². The molecule has 226 valence electrons. The van der Waals surface area contributed by atoms with Gasteiger partial charge in [0.25, 0.3) is 0 Å². The molecule has 0 aromatic carbocycles. The SMILES string of the molecule is CCCCCCCCCCCCCCCS(=O)(=O)[O-].CCCCCCCCCCCCCCS(=O)(=O)[O-].[Ca+2].[Na+]. The van der Waals surface area contributed by atoms with Crippen molar-refractivity contribution in [3.8, 4) is 0 Å². The van der Waals surface area contributed by atoms with Gasteiger partial charge in [0.05, 0.1) is 20.2 Å². The number of unbranched alkanes of at least 4 members (excludes halogenated alkanes) is 23. The summed E-state index contributed by atoms with van der Waals surface area (Å²) in [5.41, 5.74) is 0. The molecule has 0 aliphatic heterocycles. The average Bonchev–Trinajstić information content (AvgIpc) is 2.82. The monoisotopic (exact) mass is 631 g/mol. The Morgan fingerprint density at radius 1 is 0.359 bits per heavy atom. The largest absolute Gasteiger partial charge is 2.00 e. The van der Waals surface area contributed by atoms with E-state index in [1.165, 1.54) is 122 Å². The third-order valence-corrected chi connectivity index (χ3v) is 8.32. The molecule has 39 heavy (non-hydrogen) atoms. The van der Waals surface area contributed by atoms with Crippen LogP contribution >= 0.6 is 0 Å². The molecule has 0 heterocycles. The van der Waals surface area contributed by atoms with E-state index in [2.05, 4.69) is 13.8 Å². The minimum Gasteiger partial charge on any atom is -0.748 e. The van der Waals surface area contributed by atoms with Crippen molar-refractivity contribution in [2.24, 2.45) is 0 Å². The van der Waals surface area contributed by atoms with Crippen LogP contribution in [-0.4, -0.2) is 75.2 Å². The Kier molecular flexibility index (Phi) is 44.6. The van der Waals surface area contributed by atoms with Gasteiger partial charge < -0.3 is 9.11 Å². The number of hydrogen-bond donors (Lipinski definition) is 0. The summed E-state index contributed by atoms with van der Waals surface area (Å²) >= 11 is 0. The van der Waals surface area contributed by atoms with E-state index in [-0.39, 0.29) is 78.8 Å². The molecule has 0 saturated carbocycles. The quantitative estimate of drug-likeness (QED) is 0.0674. The van der Waals surface area contributed by atoms with Crippen molar-refractivity contribution in [2.45, 2.75) is 174 Å². The predicted octanol–water partition coefficient (Wildman–Crippen LogP) is 5.48. The van der Waals surface area contributed by atoms with E-state index in [0.717, 1.165) is 25.7 Å². The molecule has 0 fully saturated rings. The fourth-order valence-electron chi connectivity index (χ4n) is 4.42. The van der Waals surface area contributed by atoms with Crippen LogP contribution in [0.15, 0.2) is 0 Å². The fraction of sp³-hybridized carbons (Fsp3) is 1.00. The summed E-state index contributed by atoms with van der Waals surface area (Å²) < 4.78 is 62.2. The van der Waals surface area contributed by atoms with Crippen molar-refractivity contribution in [1.29, 1.82) is 0 Å². The Labute approximate surface area is 296 Å². The summed E-state index contributed by atoms with van der Waals surface area (Å²) in [4.78, 5) is 0. The molecule has 10 heteroatoms. The maximum atomic E-state index is 10.4. The standard InChI is InChI=1S/C15H32O3S.C14H30O3S.Ca.Na/c1-2-3-4-5-6-7-8-9-10-11-12-13-14-15-19(16,17)18;1-2-3-4-5-6-7-8-9-10-11-12-13-14-18(15,16)17;;/h2-15H2,1H3,(H,16,17,18);2-14H2,1H3,(H,15,16,17);;/q;;+2;+1/p-2. The second-order valence-electron chi connectivity index (χ2n) is 10.7. The fourth-order valence-corrected chi connectivity index (χ4v) is 5.53. The Morgan fingerprint density at radius 2 is 0.513 bits per heavy atom. The molecular weight excluding hydrogens is 572 g/mol. The topological polar surface area (TPSA) is 114 Å². The molecule has 6 nitrogen and oxygen atoms in total. The molecular formula is C29H60CaNaO6S2+. The van der Waals surface area contributed by atoms with E-state index in [0.29, 0.717) is 12.8 Å². The second kappa shape index (κ2) is 36.3. The van der Waals surface area contributed by atoms with Gasteiger partial charge >= 0.3 is 67.3 Å². The first kappa shape index (κ1) is 48.0. The van der Waals surface area contributed by atoms with Crippen molar-refractivity contribution >= 4 is 58.0 Å². The predicted molar refractivity (Wildman–Crippen MR) is 162 cm³/mol. The van der Waals surface area contributed by atoms with Gasteiger partial charge in [-0.15, -0.1) is 0 Å². The molecule has 0 aliphatic rings. The molecule has 0 aromatic heterocycles. The zero-order chi connectivity index (χ0) is 28.1. The Hall–Kier alpha value is 2.08. The summed E-state index contributed by atoms with van der Waals surface area (Å²) in [5.74, 6) is -0.380. The van der Waals surface area contributed by atoms with Gasteiger partial charge in [0.15, 0.2) is 0 Å². The summed E-state index contributed by atoms with van der Waals surface area (Å²) in [6.45, 7) is 4.48. The van der Waals surface area contributed by atoms with Crippen LogP contribution in [0, 0.1) is 0 Å². The number of rotatable bonds is 27. The molecule has 0 unspecified atom stereocenters. The van der Waals surface area contributed by atoms with Gasteiger partial charge in [-0.05, 0) is 12.8 Å². The van der Waals surface area contributed by atoms with Gasteiger partial charge in [-0.3, -0.25) is 0 Å². The molecule has 0 N–H and O–H groups in total. The van der Waals surface area contributed by atoms with Gasteiger partial charge in [0, 0.05) is 11.5 Å². The van der Waals surface area contributed by atoms with Gasteiger partial charge in [0.1, 0.15) is 0 Å². The first-order valence-corrected chi connectivity index (χ1v) is 18.6. The van der Waals surface area contributed by atoms with Gasteiger partial charge in [0.2, 0.25) is 0 Å². The molecule has 0 atom stereocenters. The minimum atomic E-state index is -3.99. The minimum absolute atomic E-state index is 0. The first-order valence-electron chi connectivity index (χ1n) is 15.5. The molecule has 0 radical (unpaired) electrons. The normalized spacial score (nSPS) is 11.3. The Balaban J connectivity index is -0.000000299. The third kappa shape index (κ3) is 53.1. The smallest absolute Gasteiger partial charge is 0.748 e. The van der Waals surface area contributed by atoms with Crippen LogP contribution in [0.5, 0.6) is 0 Å². The van der Waals surface area contributed by atoms with Crippen LogP contribution in [0.25, 0.3) is 0 Å². The summed E-state index contributed by atoms with van der Waals surface area (Å²) in [5, 5.41) is 0. The van der Waals surface area contributed by atoms with Crippen LogP contribution in [0.4, 0.5) is 0 Å². The van der Waals surface area contributed by atoms with E-state index in [9.17, 15) is 25.9 Å². The van der Waals surface area contributed by atoms with Crippen molar-refractivity contribution in [2.75, 3.05) is 11.5 Å². The van der Waals surface area contributed by atoms with Crippen molar-refractivity contribution in [1.82, 2.24) is 0 Å². The van der Waals surface area contributed by atoms with Crippen LogP contribution in [0.1, 0.15) is 174 Å². The molecule has 0 rings (SSSR count). The van der Waals surface area contributed by atoms with Gasteiger partial charge in [-0.2, -0.15) is 0 Å². The van der Waals surface area contributed by atoms with Crippen molar-refractivity contribution < 1.29 is 55.5 Å². The zero-order valence-electron chi connectivity index (χ0n) is 26.1. The van der Waals surface area contributed by atoms with Crippen molar-refractivity contribution in [3.05, 3.63) is 0 Å². The molecule has 0 aromatic rings. The van der Waals surface area contributed by atoms with E-state index >= 15 is 0 Å². The summed E-state index contributed by atoms with van der Waals surface area (Å²) in [7, 11) is -7.98. The second-order valence-corrected chi connectivity index (χ2v) is 13.7. The van der Waals surface area contributed by atoms with Crippen LogP contribution in [-0.2, 0) is 20.2 Å². The Morgan fingerprint density at radius 3 is 0.667 bits per heavy atom. The van der Waals surface area contributed by atoms with Gasteiger partial charge in [-0.25, -0.2) is 16.8 Å². The molecule has 0 saturated heterocycles. The van der Waals surface area contributed by atoms with E-state index in [1.54, 1.807) is 0 Å². The number of hydrogen-bond acceptors (Lipinski definition) is 6. The van der Waals surface area contributed by atoms with Crippen LogP contribution in [0.3, 0.4) is 0 Å². The zero-order valence-corrected chi connectivity index (χ0v) is 31.9. The maximum absolute atomic E-state index is 10.4. The van der Waals surface area contributed by atoms with E-state index in [4.69, 9.17) is 0 Å². The summed E-state index contributed by atoms with van der Waals surface area (Å²) in [6.07, 6.45) is 30.0. The molecule has 0 bridgehead atoms.